The monoisotopic (exact) mass is 585 g/mol. The Bertz CT molecular complexity index is 1620. The summed E-state index contributed by atoms with van der Waals surface area (Å²) in [5.74, 6) is 0.949. The molecule has 42 heavy (non-hydrogen) atoms. The zero-order valence-corrected chi connectivity index (χ0v) is 25.4. The highest BCUT2D eigenvalue weighted by Crippen LogP contribution is 2.33. The van der Waals surface area contributed by atoms with Crippen LogP contribution in [0.25, 0.3) is 0 Å². The van der Waals surface area contributed by atoms with Gasteiger partial charge in [0.15, 0.2) is 0 Å². The van der Waals surface area contributed by atoms with Gasteiger partial charge in [0.25, 0.3) is 5.91 Å². The highest BCUT2D eigenvalue weighted by Gasteiger charge is 2.30. The van der Waals surface area contributed by atoms with E-state index in [4.69, 9.17) is 5.14 Å². The summed E-state index contributed by atoms with van der Waals surface area (Å²) in [6, 6.07) is 21.1. The number of rotatable bonds is 6. The van der Waals surface area contributed by atoms with E-state index in [9.17, 15) is 18.5 Å². The Morgan fingerprint density at radius 3 is 2.26 bits per heavy atom. The molecule has 0 saturated carbocycles. The average Bonchev–Trinajstić information content (AvgIpc) is 2.98. The third kappa shape index (κ3) is 6.15. The quantitative estimate of drug-likeness (QED) is 0.457. The number of amides is 1. The van der Waals surface area contributed by atoms with Gasteiger partial charge in [-0.05, 0) is 85.5 Å². The van der Waals surface area contributed by atoms with Crippen LogP contribution in [0, 0.1) is 37.0 Å². The van der Waals surface area contributed by atoms with Crippen LogP contribution in [0.15, 0.2) is 65.6 Å². The first-order valence-electron chi connectivity index (χ1n) is 14.6. The number of carbonyl (C=O) groups is 1. The van der Waals surface area contributed by atoms with Gasteiger partial charge in [0.1, 0.15) is 11.0 Å². The second-order valence-corrected chi connectivity index (χ2v) is 13.2. The molecular weight excluding hydrogens is 546 g/mol. The Kier molecular flexibility index (Phi) is 8.58. The molecule has 2 aliphatic rings. The topological polar surface area (TPSA) is 111 Å². The molecule has 5 rings (SSSR count). The molecule has 0 aliphatic carbocycles. The van der Waals surface area contributed by atoms with Gasteiger partial charge >= 0.3 is 0 Å². The van der Waals surface area contributed by atoms with Crippen molar-refractivity contribution in [3.8, 4) is 6.07 Å². The Morgan fingerprint density at radius 1 is 0.929 bits per heavy atom. The number of nitrogens with two attached hydrogens (primary N) is 1. The van der Waals surface area contributed by atoms with E-state index in [0.29, 0.717) is 43.7 Å². The van der Waals surface area contributed by atoms with Gasteiger partial charge in [-0.15, -0.1) is 0 Å². The predicted molar refractivity (Wildman–Crippen MR) is 166 cm³/mol. The highest BCUT2D eigenvalue weighted by molar-refractivity contribution is 7.89. The number of nitrogens with zero attached hydrogens (tertiary/aromatic N) is 4. The Balaban J connectivity index is 1.26. The van der Waals surface area contributed by atoms with Crippen LogP contribution in [0.5, 0.6) is 0 Å². The van der Waals surface area contributed by atoms with E-state index < -0.39 is 10.0 Å². The fourth-order valence-electron chi connectivity index (χ4n) is 6.47. The first-order chi connectivity index (χ1) is 20.1. The summed E-state index contributed by atoms with van der Waals surface area (Å²) in [7, 11) is -3.84. The second kappa shape index (κ2) is 12.2. The molecule has 2 heterocycles. The third-order valence-electron chi connectivity index (χ3n) is 8.92. The lowest BCUT2D eigenvalue weighted by Crippen LogP contribution is -2.49. The van der Waals surface area contributed by atoms with Gasteiger partial charge in [0.05, 0.1) is 16.9 Å². The van der Waals surface area contributed by atoms with Crippen molar-refractivity contribution in [1.29, 1.82) is 5.26 Å². The number of benzene rings is 3. The standard InChI is InChI=1S/C33H39N5O3S/c1-23-18-24(2)29(33(39)37-16-14-36(15-17-37)31-10-6-7-11-32(31)42(35,40)41)20-28(23)19-26-12-13-38(22-25(26)3)30-9-5-4-8-27(30)21-34/h4-11,18,20,25-26H,12-17,19,22H2,1-3H3,(H2,35,40,41)/t25-,26+/m1/s1. The summed E-state index contributed by atoms with van der Waals surface area (Å²) in [4.78, 5) is 20.0. The number of sulfonamides is 1. The van der Waals surface area contributed by atoms with Crippen LogP contribution in [-0.4, -0.2) is 58.5 Å². The van der Waals surface area contributed by atoms with Crippen LogP contribution in [0.2, 0.25) is 0 Å². The molecule has 8 nitrogen and oxygen atoms in total. The molecule has 2 N–H and O–H groups in total. The van der Waals surface area contributed by atoms with Gasteiger partial charge in [-0.3, -0.25) is 4.79 Å². The number of nitriles is 1. The number of aryl methyl sites for hydroxylation is 2. The van der Waals surface area contributed by atoms with Crippen molar-refractivity contribution in [3.05, 3.63) is 88.5 Å². The van der Waals surface area contributed by atoms with Crippen molar-refractivity contribution in [3.63, 3.8) is 0 Å². The average molecular weight is 586 g/mol. The molecule has 1 amide bonds. The summed E-state index contributed by atoms with van der Waals surface area (Å²) in [6.07, 6.45) is 1.94. The molecule has 3 aromatic rings. The van der Waals surface area contributed by atoms with E-state index in [2.05, 4.69) is 36.9 Å². The highest BCUT2D eigenvalue weighted by atomic mass is 32.2. The largest absolute Gasteiger partial charge is 0.370 e. The Labute approximate surface area is 249 Å². The minimum Gasteiger partial charge on any atom is -0.370 e. The van der Waals surface area contributed by atoms with Crippen LogP contribution in [0.4, 0.5) is 11.4 Å². The Morgan fingerprint density at radius 2 is 1.60 bits per heavy atom. The van der Waals surface area contributed by atoms with Crippen molar-refractivity contribution in [2.75, 3.05) is 49.1 Å². The fraction of sp³-hybridized carbons (Fsp3) is 0.394. The summed E-state index contributed by atoms with van der Waals surface area (Å²) < 4.78 is 24.2. The van der Waals surface area contributed by atoms with Gasteiger partial charge in [-0.2, -0.15) is 5.26 Å². The van der Waals surface area contributed by atoms with Gasteiger partial charge in [0.2, 0.25) is 10.0 Å². The van der Waals surface area contributed by atoms with E-state index in [1.165, 1.54) is 17.2 Å². The van der Waals surface area contributed by atoms with Crippen molar-refractivity contribution in [2.45, 2.75) is 38.5 Å². The molecular formula is C33H39N5O3S. The molecule has 0 aromatic heterocycles. The molecule has 0 unspecified atom stereocenters. The summed E-state index contributed by atoms with van der Waals surface area (Å²) in [5.41, 5.74) is 6.44. The maximum Gasteiger partial charge on any atom is 0.254 e. The van der Waals surface area contributed by atoms with Gasteiger partial charge < -0.3 is 14.7 Å². The van der Waals surface area contributed by atoms with E-state index in [-0.39, 0.29) is 10.8 Å². The van der Waals surface area contributed by atoms with Gasteiger partial charge in [0, 0.05) is 44.8 Å². The zero-order chi connectivity index (χ0) is 30.0. The van der Waals surface area contributed by atoms with Crippen LogP contribution in [0.3, 0.4) is 0 Å². The summed E-state index contributed by atoms with van der Waals surface area (Å²) >= 11 is 0. The van der Waals surface area contributed by atoms with Gasteiger partial charge in [-0.25, -0.2) is 13.6 Å². The molecule has 0 radical (unpaired) electrons. The lowest BCUT2D eigenvalue weighted by atomic mass is 9.80. The summed E-state index contributed by atoms with van der Waals surface area (Å²) in [5, 5.41) is 15.0. The lowest BCUT2D eigenvalue weighted by molar-refractivity contribution is 0.0745. The molecule has 2 aliphatic heterocycles. The van der Waals surface area contributed by atoms with Gasteiger partial charge in [-0.1, -0.05) is 37.3 Å². The maximum absolute atomic E-state index is 13.7. The number of hydrogen-bond donors (Lipinski definition) is 1. The number of piperidine rings is 1. The van der Waals surface area contributed by atoms with Crippen molar-refractivity contribution in [1.82, 2.24) is 4.90 Å². The number of primary sulfonamides is 1. The van der Waals surface area contributed by atoms with Crippen LogP contribution >= 0.6 is 0 Å². The van der Waals surface area contributed by atoms with Crippen molar-refractivity contribution < 1.29 is 13.2 Å². The molecule has 2 fully saturated rings. The molecule has 220 valence electrons. The van der Waals surface area contributed by atoms with Crippen LogP contribution in [-0.2, 0) is 16.4 Å². The van der Waals surface area contributed by atoms with E-state index in [1.807, 2.05) is 41.0 Å². The normalized spacial score (nSPS) is 19.5. The number of hydrogen-bond acceptors (Lipinski definition) is 6. The van der Waals surface area contributed by atoms with E-state index in [1.54, 1.807) is 18.2 Å². The number of piperazine rings is 1. The molecule has 0 spiro atoms. The number of para-hydroxylation sites is 2. The maximum atomic E-state index is 13.7. The minimum atomic E-state index is -3.84. The smallest absolute Gasteiger partial charge is 0.254 e. The summed E-state index contributed by atoms with van der Waals surface area (Å²) in [6.45, 7) is 10.3. The van der Waals surface area contributed by atoms with Crippen molar-refractivity contribution in [2.24, 2.45) is 17.0 Å². The molecule has 0 bridgehead atoms. The molecule has 2 atom stereocenters. The molecule has 9 heteroatoms. The van der Waals surface area contributed by atoms with E-state index in [0.717, 1.165) is 48.3 Å². The SMILES string of the molecule is Cc1cc(C)c(C(=O)N2CCN(c3ccccc3S(N)(=O)=O)CC2)cc1C[C@@H]1CCN(c2ccccc2C#N)C[C@H]1C. The van der Waals surface area contributed by atoms with E-state index >= 15 is 0 Å². The molecule has 3 aromatic carbocycles. The van der Waals surface area contributed by atoms with Crippen LogP contribution in [0.1, 0.15) is 46.0 Å². The second-order valence-electron chi connectivity index (χ2n) is 11.7. The number of anilines is 2. The van der Waals surface area contributed by atoms with Crippen LogP contribution < -0.4 is 14.9 Å². The first kappa shape index (κ1) is 29.6. The predicted octanol–water partition coefficient (Wildman–Crippen LogP) is 4.49. The zero-order valence-electron chi connectivity index (χ0n) is 24.6. The molecule has 2 saturated heterocycles. The Hall–Kier alpha value is -3.87. The van der Waals surface area contributed by atoms with Crippen molar-refractivity contribution >= 4 is 27.3 Å². The fourth-order valence-corrected chi connectivity index (χ4v) is 7.23. The lowest BCUT2D eigenvalue weighted by Gasteiger charge is -2.39. The minimum absolute atomic E-state index is 0.0177. The third-order valence-corrected chi connectivity index (χ3v) is 9.88. The first-order valence-corrected chi connectivity index (χ1v) is 16.1. The number of carbonyl (C=O) groups excluding carboxylic acids is 1.